The summed E-state index contributed by atoms with van der Waals surface area (Å²) < 4.78 is 20.0. The normalized spacial score (nSPS) is 11.6. The lowest BCUT2D eigenvalue weighted by atomic mass is 10.0. The van der Waals surface area contributed by atoms with Gasteiger partial charge in [0.25, 0.3) is 5.91 Å². The van der Waals surface area contributed by atoms with Gasteiger partial charge in [-0.2, -0.15) is 0 Å². The van der Waals surface area contributed by atoms with Crippen LogP contribution >= 0.6 is 0 Å². The highest BCUT2D eigenvalue weighted by Crippen LogP contribution is 2.27. The van der Waals surface area contributed by atoms with Crippen molar-refractivity contribution in [2.75, 3.05) is 5.32 Å². The van der Waals surface area contributed by atoms with Crippen molar-refractivity contribution in [2.45, 2.75) is 13.0 Å². The van der Waals surface area contributed by atoms with Crippen LogP contribution < -0.4 is 5.32 Å². The van der Waals surface area contributed by atoms with E-state index < -0.39 is 18.0 Å². The molecular formula is C25H20FN3O3. The third-order valence-electron chi connectivity index (χ3n) is 4.88. The number of aromatic nitrogens is 2. The van der Waals surface area contributed by atoms with E-state index in [4.69, 9.17) is 4.74 Å². The molecule has 1 N–H and O–H groups in total. The molecule has 6 nitrogen and oxygen atoms in total. The maximum Gasteiger partial charge on any atom is 0.357 e. The van der Waals surface area contributed by atoms with Crippen LogP contribution in [0.2, 0.25) is 0 Å². The van der Waals surface area contributed by atoms with Crippen molar-refractivity contribution in [3.8, 4) is 16.8 Å². The van der Waals surface area contributed by atoms with E-state index in [1.165, 1.54) is 48.3 Å². The Morgan fingerprint density at radius 1 is 0.969 bits per heavy atom. The molecule has 1 amide bonds. The van der Waals surface area contributed by atoms with Gasteiger partial charge in [0.15, 0.2) is 11.8 Å². The van der Waals surface area contributed by atoms with Gasteiger partial charge < -0.3 is 10.1 Å². The second-order valence-electron chi connectivity index (χ2n) is 7.07. The molecule has 0 spiro atoms. The first kappa shape index (κ1) is 21.0. The Bertz CT molecular complexity index is 1240. The molecule has 0 saturated carbocycles. The molecule has 4 aromatic rings. The third-order valence-corrected chi connectivity index (χ3v) is 4.88. The summed E-state index contributed by atoms with van der Waals surface area (Å²) in [6.45, 7) is 1.50. The standard InChI is InChI=1S/C25H20FN3O3/c1-17(24(30)28-22-10-6-5-9-21(22)18-7-3-2-4-8-18)32-25(31)23-15-27-16-29(23)20-13-11-19(26)12-14-20/h2-17H,1H3,(H,28,30). The highest BCUT2D eigenvalue weighted by atomic mass is 19.1. The SMILES string of the molecule is CC(OC(=O)c1cncn1-c1ccc(F)cc1)C(=O)Nc1ccccc1-c1ccccc1. The van der Waals surface area contributed by atoms with Crippen molar-refractivity contribution < 1.29 is 18.7 Å². The molecule has 1 atom stereocenters. The largest absolute Gasteiger partial charge is 0.448 e. The number of nitrogens with zero attached hydrogens (tertiary/aromatic N) is 2. The van der Waals surface area contributed by atoms with Gasteiger partial charge in [0.2, 0.25) is 0 Å². The van der Waals surface area contributed by atoms with Gasteiger partial charge in [-0.05, 0) is 42.8 Å². The molecule has 0 bridgehead atoms. The monoisotopic (exact) mass is 429 g/mol. The Morgan fingerprint density at radius 3 is 2.41 bits per heavy atom. The highest BCUT2D eigenvalue weighted by Gasteiger charge is 2.22. The smallest absolute Gasteiger partial charge is 0.357 e. The lowest BCUT2D eigenvalue weighted by Crippen LogP contribution is -2.30. The molecule has 0 fully saturated rings. The fourth-order valence-electron chi connectivity index (χ4n) is 3.22. The van der Waals surface area contributed by atoms with Crippen molar-refractivity contribution in [2.24, 2.45) is 0 Å². The predicted molar refractivity (Wildman–Crippen MR) is 119 cm³/mol. The van der Waals surface area contributed by atoms with E-state index in [-0.39, 0.29) is 11.5 Å². The van der Waals surface area contributed by atoms with E-state index in [0.29, 0.717) is 11.4 Å². The first-order valence-corrected chi connectivity index (χ1v) is 9.97. The molecule has 7 heteroatoms. The molecule has 0 radical (unpaired) electrons. The van der Waals surface area contributed by atoms with Crippen LogP contribution in [-0.4, -0.2) is 27.5 Å². The summed E-state index contributed by atoms with van der Waals surface area (Å²) >= 11 is 0. The van der Waals surface area contributed by atoms with Crippen LogP contribution in [0.3, 0.4) is 0 Å². The van der Waals surface area contributed by atoms with Crippen LogP contribution in [0.5, 0.6) is 0 Å². The summed E-state index contributed by atoms with van der Waals surface area (Å²) in [6, 6.07) is 22.7. The van der Waals surface area contributed by atoms with E-state index in [1.54, 1.807) is 6.07 Å². The number of amides is 1. The average Bonchev–Trinajstić information content (AvgIpc) is 3.30. The summed E-state index contributed by atoms with van der Waals surface area (Å²) in [5, 5.41) is 2.83. The minimum absolute atomic E-state index is 0.126. The van der Waals surface area contributed by atoms with Gasteiger partial charge in [-0.3, -0.25) is 9.36 Å². The van der Waals surface area contributed by atoms with Crippen LogP contribution in [-0.2, 0) is 9.53 Å². The fourth-order valence-corrected chi connectivity index (χ4v) is 3.22. The summed E-state index contributed by atoms with van der Waals surface area (Å²) in [5.41, 5.74) is 3.10. The molecule has 4 rings (SSSR count). The third kappa shape index (κ3) is 4.57. The second-order valence-corrected chi connectivity index (χ2v) is 7.07. The number of nitrogens with one attached hydrogen (secondary N) is 1. The lowest BCUT2D eigenvalue weighted by Gasteiger charge is -2.16. The molecule has 0 aliphatic heterocycles. The van der Waals surface area contributed by atoms with Crippen LogP contribution in [0, 0.1) is 5.82 Å². The number of rotatable bonds is 6. The molecule has 0 aliphatic carbocycles. The summed E-state index contributed by atoms with van der Waals surface area (Å²) in [5.74, 6) is -1.57. The molecule has 1 heterocycles. The Hall–Kier alpha value is -4.26. The minimum atomic E-state index is -1.05. The number of benzene rings is 3. The first-order valence-electron chi connectivity index (χ1n) is 9.97. The molecule has 1 aromatic heterocycles. The quantitative estimate of drug-likeness (QED) is 0.444. The molecule has 3 aromatic carbocycles. The molecule has 0 saturated heterocycles. The van der Waals surface area contributed by atoms with Crippen LogP contribution in [0.4, 0.5) is 10.1 Å². The molecule has 32 heavy (non-hydrogen) atoms. The van der Waals surface area contributed by atoms with E-state index in [9.17, 15) is 14.0 Å². The number of hydrogen-bond acceptors (Lipinski definition) is 4. The number of carbonyl (C=O) groups is 2. The summed E-state index contributed by atoms with van der Waals surface area (Å²) in [4.78, 5) is 29.4. The Morgan fingerprint density at radius 2 is 1.66 bits per heavy atom. The maximum atomic E-state index is 13.2. The summed E-state index contributed by atoms with van der Waals surface area (Å²) in [6.07, 6.45) is 1.70. The van der Waals surface area contributed by atoms with Gasteiger partial charge in [0.1, 0.15) is 5.82 Å². The molecule has 0 aliphatic rings. The maximum absolute atomic E-state index is 13.2. The number of imidazole rings is 1. The van der Waals surface area contributed by atoms with Gasteiger partial charge in [-0.15, -0.1) is 0 Å². The van der Waals surface area contributed by atoms with Crippen LogP contribution in [0.1, 0.15) is 17.4 Å². The zero-order valence-corrected chi connectivity index (χ0v) is 17.2. The van der Waals surface area contributed by atoms with Gasteiger partial charge in [-0.25, -0.2) is 14.2 Å². The topological polar surface area (TPSA) is 73.2 Å². The first-order chi connectivity index (χ1) is 15.5. The van der Waals surface area contributed by atoms with Crippen LogP contribution in [0.25, 0.3) is 16.8 Å². The van der Waals surface area contributed by atoms with Gasteiger partial charge in [0.05, 0.1) is 12.5 Å². The van der Waals surface area contributed by atoms with Crippen molar-refractivity contribution in [3.63, 3.8) is 0 Å². The van der Waals surface area contributed by atoms with E-state index in [2.05, 4.69) is 10.3 Å². The Labute approximate surface area is 184 Å². The molecule has 160 valence electrons. The number of para-hydroxylation sites is 1. The van der Waals surface area contributed by atoms with Crippen molar-refractivity contribution in [1.29, 1.82) is 0 Å². The molecule has 1 unspecified atom stereocenters. The predicted octanol–water partition coefficient (Wildman–Crippen LogP) is 4.86. The number of anilines is 1. The number of hydrogen-bond donors (Lipinski definition) is 1. The van der Waals surface area contributed by atoms with E-state index in [1.807, 2.05) is 48.5 Å². The Balaban J connectivity index is 1.47. The van der Waals surface area contributed by atoms with Gasteiger partial charge in [0, 0.05) is 16.9 Å². The zero-order valence-electron chi connectivity index (χ0n) is 17.2. The van der Waals surface area contributed by atoms with E-state index in [0.717, 1.165) is 11.1 Å². The van der Waals surface area contributed by atoms with Crippen molar-refractivity contribution in [3.05, 3.63) is 103 Å². The minimum Gasteiger partial charge on any atom is -0.448 e. The Kier molecular flexibility index (Phi) is 6.07. The second kappa shape index (κ2) is 9.26. The van der Waals surface area contributed by atoms with Crippen LogP contribution in [0.15, 0.2) is 91.4 Å². The number of ether oxygens (including phenoxy) is 1. The summed E-state index contributed by atoms with van der Waals surface area (Å²) in [7, 11) is 0. The molecular weight excluding hydrogens is 409 g/mol. The zero-order chi connectivity index (χ0) is 22.5. The number of esters is 1. The number of carbonyl (C=O) groups excluding carboxylic acids is 2. The van der Waals surface area contributed by atoms with Crippen molar-refractivity contribution >= 4 is 17.6 Å². The van der Waals surface area contributed by atoms with Gasteiger partial charge >= 0.3 is 5.97 Å². The highest BCUT2D eigenvalue weighted by molar-refractivity contribution is 5.99. The van der Waals surface area contributed by atoms with E-state index >= 15 is 0 Å². The van der Waals surface area contributed by atoms with Crippen molar-refractivity contribution in [1.82, 2.24) is 9.55 Å². The lowest BCUT2D eigenvalue weighted by molar-refractivity contribution is -0.123. The van der Waals surface area contributed by atoms with Gasteiger partial charge in [-0.1, -0.05) is 48.5 Å². The average molecular weight is 429 g/mol. The fraction of sp³-hybridized carbons (Fsp3) is 0.0800. The number of halogens is 1.